The lowest BCUT2D eigenvalue weighted by Gasteiger charge is -2.03. The Morgan fingerprint density at radius 2 is 2.20 bits per heavy atom. The van der Waals surface area contributed by atoms with Crippen LogP contribution < -0.4 is 0 Å². The van der Waals surface area contributed by atoms with Crippen LogP contribution in [0, 0.1) is 0 Å². The number of ether oxygens (including phenoxy) is 1. The Kier molecular flexibility index (Phi) is 3.16. The maximum atomic E-state index is 11.7. The van der Waals surface area contributed by atoms with Gasteiger partial charge in [-0.3, -0.25) is 0 Å². The van der Waals surface area contributed by atoms with E-state index in [-0.39, 0.29) is 0 Å². The fourth-order valence-corrected chi connectivity index (χ4v) is 2.16. The zero-order valence-electron chi connectivity index (χ0n) is 11.0. The van der Waals surface area contributed by atoms with E-state index in [1.165, 1.54) is 11.6 Å². The molecule has 0 aliphatic heterocycles. The normalized spacial score (nSPS) is 14.2. The number of rotatable bonds is 2. The summed E-state index contributed by atoms with van der Waals surface area (Å²) in [4.78, 5) is 11.7. The minimum absolute atomic E-state index is 0.365. The number of carbonyl (C=O) groups is 1. The van der Waals surface area contributed by atoms with Crippen LogP contribution in [-0.4, -0.2) is 27.9 Å². The van der Waals surface area contributed by atoms with Crippen LogP contribution in [0.5, 0.6) is 0 Å². The van der Waals surface area contributed by atoms with E-state index in [4.69, 9.17) is 4.74 Å². The maximum absolute atomic E-state index is 11.7. The van der Waals surface area contributed by atoms with Crippen molar-refractivity contribution >= 4 is 17.1 Å². The number of methoxy groups -OCH3 is 1. The van der Waals surface area contributed by atoms with Crippen LogP contribution in [0.2, 0.25) is 0 Å². The molecule has 0 radical (unpaired) electrons. The van der Waals surface area contributed by atoms with E-state index >= 15 is 0 Å². The molecule has 100 valence electrons. The van der Waals surface area contributed by atoms with E-state index in [0.717, 1.165) is 23.2 Å². The molecule has 5 heteroatoms. The third-order valence-electron chi connectivity index (χ3n) is 3.13. The highest BCUT2D eigenvalue weighted by molar-refractivity contribution is 5.89. The zero-order chi connectivity index (χ0) is 13.9. The summed E-state index contributed by atoms with van der Waals surface area (Å²) in [6.07, 6.45) is 10.8. The number of nitrogens with zero attached hydrogens (tertiary/aromatic N) is 3. The zero-order valence-corrected chi connectivity index (χ0v) is 11.0. The lowest BCUT2D eigenvalue weighted by molar-refractivity contribution is 0.0590. The predicted molar refractivity (Wildman–Crippen MR) is 75.2 cm³/mol. The topological polar surface area (TPSA) is 56.5 Å². The number of esters is 1. The largest absolute Gasteiger partial charge is 0.464 e. The average molecular weight is 267 g/mol. The number of carbonyl (C=O) groups excluding carboxylic acids is 1. The quantitative estimate of drug-likeness (QED) is 0.784. The predicted octanol–water partition coefficient (Wildman–Crippen LogP) is 2.42. The number of fused-ring (bicyclic) bond motifs is 1. The van der Waals surface area contributed by atoms with Gasteiger partial charge in [0.25, 0.3) is 0 Å². The molecular formula is C15H13N3O2. The molecular weight excluding hydrogens is 254 g/mol. The van der Waals surface area contributed by atoms with Gasteiger partial charge in [-0.2, -0.15) is 0 Å². The van der Waals surface area contributed by atoms with Crippen molar-refractivity contribution in [3.8, 4) is 0 Å². The number of allylic oxidation sites excluding steroid dienone is 6. The van der Waals surface area contributed by atoms with Gasteiger partial charge in [0.15, 0.2) is 5.69 Å². The van der Waals surface area contributed by atoms with E-state index < -0.39 is 5.97 Å². The van der Waals surface area contributed by atoms with Crippen molar-refractivity contribution in [1.82, 2.24) is 14.8 Å². The molecule has 0 atom stereocenters. The first-order valence-corrected chi connectivity index (χ1v) is 6.27. The summed E-state index contributed by atoms with van der Waals surface area (Å²) in [6, 6.07) is 5.36. The van der Waals surface area contributed by atoms with E-state index in [2.05, 4.69) is 16.4 Å². The smallest absolute Gasteiger partial charge is 0.356 e. The Morgan fingerprint density at radius 3 is 3.05 bits per heavy atom. The van der Waals surface area contributed by atoms with Gasteiger partial charge >= 0.3 is 5.97 Å². The van der Waals surface area contributed by atoms with Crippen LogP contribution >= 0.6 is 0 Å². The second-order valence-corrected chi connectivity index (χ2v) is 4.35. The van der Waals surface area contributed by atoms with Crippen molar-refractivity contribution < 1.29 is 9.53 Å². The third kappa shape index (κ3) is 2.03. The van der Waals surface area contributed by atoms with Gasteiger partial charge in [-0.25, -0.2) is 9.31 Å². The summed E-state index contributed by atoms with van der Waals surface area (Å²) in [7, 11) is 1.35. The van der Waals surface area contributed by atoms with Gasteiger partial charge in [-0.1, -0.05) is 41.7 Å². The average Bonchev–Trinajstić information content (AvgIpc) is 2.73. The number of hydrogen-bond acceptors (Lipinski definition) is 4. The number of hydrogen-bond donors (Lipinski definition) is 0. The van der Waals surface area contributed by atoms with E-state index in [1.54, 1.807) is 12.1 Å². The lowest BCUT2D eigenvalue weighted by Crippen LogP contribution is -2.08. The van der Waals surface area contributed by atoms with E-state index in [1.807, 2.05) is 30.4 Å². The third-order valence-corrected chi connectivity index (χ3v) is 3.13. The summed E-state index contributed by atoms with van der Waals surface area (Å²) in [6.45, 7) is 0. The molecule has 20 heavy (non-hydrogen) atoms. The van der Waals surface area contributed by atoms with Gasteiger partial charge in [0, 0.05) is 0 Å². The van der Waals surface area contributed by atoms with Gasteiger partial charge in [0.2, 0.25) is 0 Å². The molecule has 3 rings (SSSR count). The van der Waals surface area contributed by atoms with Crippen LogP contribution in [0.25, 0.3) is 11.1 Å². The highest BCUT2D eigenvalue weighted by Gasteiger charge is 2.16. The Hall–Kier alpha value is -2.69. The monoisotopic (exact) mass is 267 g/mol. The Morgan fingerprint density at radius 1 is 1.30 bits per heavy atom. The van der Waals surface area contributed by atoms with Gasteiger partial charge in [0.05, 0.1) is 12.6 Å². The van der Waals surface area contributed by atoms with Crippen molar-refractivity contribution in [1.29, 1.82) is 0 Å². The second-order valence-electron chi connectivity index (χ2n) is 4.35. The van der Waals surface area contributed by atoms with Crippen LogP contribution in [0.1, 0.15) is 22.6 Å². The molecule has 0 N–H and O–H groups in total. The molecule has 0 saturated carbocycles. The first kappa shape index (κ1) is 12.3. The first-order chi connectivity index (χ1) is 9.81. The Balaban J connectivity index is 2.15. The van der Waals surface area contributed by atoms with Crippen molar-refractivity contribution in [2.75, 3.05) is 7.11 Å². The highest BCUT2D eigenvalue weighted by Crippen LogP contribution is 2.23. The number of aromatic nitrogens is 3. The van der Waals surface area contributed by atoms with E-state index in [9.17, 15) is 4.79 Å². The van der Waals surface area contributed by atoms with Crippen LogP contribution in [0.3, 0.4) is 0 Å². The molecule has 0 amide bonds. The van der Waals surface area contributed by atoms with Crippen LogP contribution in [0.15, 0.2) is 48.6 Å². The minimum Gasteiger partial charge on any atom is -0.464 e. The standard InChI is InChI=1S/C15H13N3O2/c1-20-15(19)13-10-6-9-12-14(16-17-18(12)13)11-7-4-2-3-5-8-11/h2-7,9-10H,8H2,1H3. The number of pyridine rings is 1. The molecule has 2 heterocycles. The van der Waals surface area contributed by atoms with Gasteiger partial charge < -0.3 is 4.74 Å². The molecule has 0 fully saturated rings. The van der Waals surface area contributed by atoms with Crippen molar-refractivity contribution in [3.05, 3.63) is 60.0 Å². The fraction of sp³-hybridized carbons (Fsp3) is 0.133. The molecule has 2 aromatic rings. The van der Waals surface area contributed by atoms with Crippen molar-refractivity contribution in [3.63, 3.8) is 0 Å². The minimum atomic E-state index is -0.429. The van der Waals surface area contributed by atoms with Gasteiger partial charge in [-0.15, -0.1) is 5.10 Å². The summed E-state index contributed by atoms with van der Waals surface area (Å²) in [5.74, 6) is -0.429. The molecule has 0 spiro atoms. The molecule has 1 aliphatic carbocycles. The molecule has 0 aromatic carbocycles. The molecule has 5 nitrogen and oxygen atoms in total. The van der Waals surface area contributed by atoms with Crippen LogP contribution in [-0.2, 0) is 4.74 Å². The van der Waals surface area contributed by atoms with E-state index in [0.29, 0.717) is 5.69 Å². The van der Waals surface area contributed by atoms with Crippen molar-refractivity contribution in [2.24, 2.45) is 0 Å². The second kappa shape index (κ2) is 5.13. The maximum Gasteiger partial charge on any atom is 0.356 e. The van der Waals surface area contributed by atoms with Crippen LogP contribution in [0.4, 0.5) is 0 Å². The molecule has 0 bridgehead atoms. The summed E-state index contributed by atoms with van der Waals surface area (Å²) < 4.78 is 6.27. The first-order valence-electron chi connectivity index (χ1n) is 6.27. The SMILES string of the molecule is COC(=O)c1cccc2c(C3=CC=CC=CC3)nnn12. The molecule has 0 unspecified atom stereocenters. The Labute approximate surface area is 115 Å². The summed E-state index contributed by atoms with van der Waals surface area (Å²) in [5.41, 5.74) is 3.01. The fourth-order valence-electron chi connectivity index (χ4n) is 2.16. The highest BCUT2D eigenvalue weighted by atomic mass is 16.5. The van der Waals surface area contributed by atoms with Crippen molar-refractivity contribution in [2.45, 2.75) is 6.42 Å². The van der Waals surface area contributed by atoms with Gasteiger partial charge in [0.1, 0.15) is 5.69 Å². The molecule has 0 saturated heterocycles. The summed E-state index contributed by atoms with van der Waals surface area (Å²) in [5, 5.41) is 8.28. The Bertz CT molecular complexity index is 754. The lowest BCUT2D eigenvalue weighted by atomic mass is 10.1. The van der Waals surface area contributed by atoms with Gasteiger partial charge in [-0.05, 0) is 24.1 Å². The summed E-state index contributed by atoms with van der Waals surface area (Å²) >= 11 is 0. The molecule has 2 aromatic heterocycles. The molecule has 1 aliphatic rings.